The second kappa shape index (κ2) is 7.41. The zero-order valence-corrected chi connectivity index (χ0v) is 16.4. The number of aromatic nitrogens is 2. The van der Waals surface area contributed by atoms with Crippen molar-refractivity contribution < 1.29 is 0 Å². The van der Waals surface area contributed by atoms with Crippen LogP contribution in [0.2, 0.25) is 0 Å². The topological polar surface area (TPSA) is 79.1 Å². The minimum Gasteiger partial charge on any atom is -0.360 e. The molecule has 4 rings (SSSR count). The molecule has 2 unspecified atom stereocenters. The first-order chi connectivity index (χ1) is 12.5. The molecule has 1 aromatic heterocycles. The molecule has 0 aromatic carbocycles. The van der Waals surface area contributed by atoms with Crippen LogP contribution in [-0.2, 0) is 0 Å². The Labute approximate surface area is 157 Å². The minimum atomic E-state index is 0.359. The van der Waals surface area contributed by atoms with E-state index in [-0.39, 0.29) is 0 Å². The molecule has 2 saturated carbocycles. The Morgan fingerprint density at radius 3 is 2.42 bits per heavy atom. The molecule has 2 atom stereocenters. The van der Waals surface area contributed by atoms with E-state index in [2.05, 4.69) is 42.7 Å². The van der Waals surface area contributed by atoms with Crippen molar-refractivity contribution in [1.82, 2.24) is 20.8 Å². The number of rotatable bonds is 7. The van der Waals surface area contributed by atoms with Crippen LogP contribution in [0.3, 0.4) is 0 Å². The molecular formula is C20H34N6. The SMILES string of the molecule is CC1NNC(C)C1CCCN(C)c1cc(C2CC(N)C2)nc(C2CC2)n1. The standard InChI is InChI=1S/C20H34N6/c1-12-17(13(2)25-24-12)5-4-8-26(3)19-11-18(15-9-16(21)10-15)22-20(23-19)14-6-7-14/h11-17,24-25H,4-10,21H2,1-3H3. The third-order valence-corrected chi connectivity index (χ3v) is 6.53. The molecule has 0 spiro atoms. The van der Waals surface area contributed by atoms with Crippen LogP contribution in [0.25, 0.3) is 0 Å². The number of nitrogens with two attached hydrogens (primary N) is 1. The van der Waals surface area contributed by atoms with Crippen molar-refractivity contribution in [2.45, 2.75) is 82.3 Å². The molecule has 2 heterocycles. The average molecular weight is 359 g/mol. The van der Waals surface area contributed by atoms with Crippen molar-refractivity contribution >= 4 is 5.82 Å². The van der Waals surface area contributed by atoms with E-state index in [9.17, 15) is 0 Å². The van der Waals surface area contributed by atoms with Gasteiger partial charge in [-0.15, -0.1) is 0 Å². The van der Waals surface area contributed by atoms with E-state index in [1.165, 1.54) is 31.4 Å². The Morgan fingerprint density at radius 2 is 1.81 bits per heavy atom. The summed E-state index contributed by atoms with van der Waals surface area (Å²) >= 11 is 0. The molecule has 6 nitrogen and oxygen atoms in total. The monoisotopic (exact) mass is 358 g/mol. The van der Waals surface area contributed by atoms with Crippen LogP contribution in [0.4, 0.5) is 5.82 Å². The summed E-state index contributed by atoms with van der Waals surface area (Å²) in [5.74, 6) is 3.99. The number of anilines is 1. The number of nitrogens with one attached hydrogen (secondary N) is 2. The predicted octanol–water partition coefficient (Wildman–Crippen LogP) is 2.28. The summed E-state index contributed by atoms with van der Waals surface area (Å²) < 4.78 is 0. The zero-order chi connectivity index (χ0) is 18.3. The first-order valence-corrected chi connectivity index (χ1v) is 10.4. The quantitative estimate of drug-likeness (QED) is 0.694. The summed E-state index contributed by atoms with van der Waals surface area (Å²) in [5.41, 5.74) is 13.9. The average Bonchev–Trinajstić information content (AvgIpc) is 3.40. The summed E-state index contributed by atoms with van der Waals surface area (Å²) in [6, 6.07) is 3.67. The molecule has 0 radical (unpaired) electrons. The Balaban J connectivity index is 1.39. The number of hydrazine groups is 1. The fourth-order valence-corrected chi connectivity index (χ4v) is 4.39. The lowest BCUT2D eigenvalue weighted by atomic mass is 9.78. The summed E-state index contributed by atoms with van der Waals surface area (Å²) in [6.07, 6.45) is 7.05. The predicted molar refractivity (Wildman–Crippen MR) is 105 cm³/mol. The summed E-state index contributed by atoms with van der Waals surface area (Å²) in [4.78, 5) is 12.1. The molecular weight excluding hydrogens is 324 g/mol. The number of hydrogen-bond acceptors (Lipinski definition) is 6. The lowest BCUT2D eigenvalue weighted by molar-refractivity contribution is 0.344. The molecule has 0 amide bonds. The molecule has 6 heteroatoms. The van der Waals surface area contributed by atoms with Gasteiger partial charge in [0.05, 0.1) is 0 Å². The van der Waals surface area contributed by atoms with Gasteiger partial charge in [-0.1, -0.05) is 0 Å². The van der Waals surface area contributed by atoms with Gasteiger partial charge in [-0.3, -0.25) is 10.9 Å². The van der Waals surface area contributed by atoms with Crippen molar-refractivity contribution in [3.8, 4) is 0 Å². The third kappa shape index (κ3) is 3.87. The van der Waals surface area contributed by atoms with Crippen LogP contribution in [0.15, 0.2) is 6.07 Å². The third-order valence-electron chi connectivity index (χ3n) is 6.53. The fourth-order valence-electron chi connectivity index (χ4n) is 4.39. The minimum absolute atomic E-state index is 0.359. The van der Waals surface area contributed by atoms with Crippen LogP contribution < -0.4 is 21.5 Å². The van der Waals surface area contributed by atoms with E-state index in [4.69, 9.17) is 15.7 Å². The van der Waals surface area contributed by atoms with Crippen molar-refractivity contribution in [2.24, 2.45) is 11.7 Å². The highest BCUT2D eigenvalue weighted by Gasteiger charge is 2.33. The zero-order valence-electron chi connectivity index (χ0n) is 16.4. The van der Waals surface area contributed by atoms with Gasteiger partial charge in [0.25, 0.3) is 0 Å². The molecule has 3 fully saturated rings. The molecule has 1 saturated heterocycles. The van der Waals surface area contributed by atoms with Crippen LogP contribution in [0.5, 0.6) is 0 Å². The fraction of sp³-hybridized carbons (Fsp3) is 0.800. The van der Waals surface area contributed by atoms with Crippen molar-refractivity contribution in [2.75, 3.05) is 18.5 Å². The lowest BCUT2D eigenvalue weighted by Gasteiger charge is -2.32. The highest BCUT2D eigenvalue weighted by atomic mass is 15.4. The van der Waals surface area contributed by atoms with Gasteiger partial charge in [-0.2, -0.15) is 0 Å². The van der Waals surface area contributed by atoms with E-state index >= 15 is 0 Å². The van der Waals surface area contributed by atoms with Gasteiger partial charge in [-0.25, -0.2) is 9.97 Å². The van der Waals surface area contributed by atoms with Crippen molar-refractivity contribution in [3.63, 3.8) is 0 Å². The largest absolute Gasteiger partial charge is 0.360 e. The van der Waals surface area contributed by atoms with Crippen LogP contribution in [-0.4, -0.2) is 41.7 Å². The number of nitrogens with zero attached hydrogens (tertiary/aromatic N) is 3. The summed E-state index contributed by atoms with van der Waals surface area (Å²) in [7, 11) is 2.17. The lowest BCUT2D eigenvalue weighted by Crippen LogP contribution is -2.35. The molecule has 4 N–H and O–H groups in total. The maximum absolute atomic E-state index is 6.00. The summed E-state index contributed by atoms with van der Waals surface area (Å²) in [6.45, 7) is 5.58. The Bertz CT molecular complexity index is 615. The van der Waals surface area contributed by atoms with Crippen LogP contribution in [0.1, 0.15) is 75.7 Å². The van der Waals surface area contributed by atoms with Crippen LogP contribution >= 0.6 is 0 Å². The first-order valence-electron chi connectivity index (χ1n) is 10.4. The van der Waals surface area contributed by atoms with Crippen LogP contribution in [0, 0.1) is 5.92 Å². The molecule has 2 aliphatic carbocycles. The van der Waals surface area contributed by atoms with Gasteiger partial charge in [0, 0.05) is 55.3 Å². The Morgan fingerprint density at radius 1 is 1.12 bits per heavy atom. The van der Waals surface area contributed by atoms with Gasteiger partial charge < -0.3 is 10.6 Å². The highest BCUT2D eigenvalue weighted by Crippen LogP contribution is 2.41. The highest BCUT2D eigenvalue weighted by molar-refractivity contribution is 5.41. The van der Waals surface area contributed by atoms with Gasteiger partial charge in [0.1, 0.15) is 11.6 Å². The Hall–Kier alpha value is -1.24. The van der Waals surface area contributed by atoms with Gasteiger partial charge in [0.15, 0.2) is 0 Å². The first kappa shape index (κ1) is 18.1. The molecule has 1 aliphatic heterocycles. The van der Waals surface area contributed by atoms with Gasteiger partial charge >= 0.3 is 0 Å². The molecule has 144 valence electrons. The van der Waals surface area contributed by atoms with Gasteiger partial charge in [0.2, 0.25) is 0 Å². The second-order valence-electron chi connectivity index (χ2n) is 8.81. The van der Waals surface area contributed by atoms with E-state index in [0.717, 1.165) is 31.0 Å². The van der Waals surface area contributed by atoms with E-state index in [1.54, 1.807) is 0 Å². The molecule has 26 heavy (non-hydrogen) atoms. The number of hydrogen-bond donors (Lipinski definition) is 3. The normalized spacial score (nSPS) is 33.9. The summed E-state index contributed by atoms with van der Waals surface area (Å²) in [5, 5.41) is 0. The molecule has 1 aromatic rings. The van der Waals surface area contributed by atoms with Crippen molar-refractivity contribution in [1.29, 1.82) is 0 Å². The molecule has 0 bridgehead atoms. The maximum atomic E-state index is 6.00. The van der Waals surface area contributed by atoms with E-state index in [0.29, 0.717) is 35.9 Å². The van der Waals surface area contributed by atoms with E-state index in [1.807, 2.05) is 0 Å². The van der Waals surface area contributed by atoms with Gasteiger partial charge in [-0.05, 0) is 58.3 Å². The Kier molecular flexibility index (Phi) is 5.17. The maximum Gasteiger partial charge on any atom is 0.134 e. The smallest absolute Gasteiger partial charge is 0.134 e. The molecule has 3 aliphatic rings. The van der Waals surface area contributed by atoms with Crippen molar-refractivity contribution in [3.05, 3.63) is 17.6 Å². The van der Waals surface area contributed by atoms with E-state index < -0.39 is 0 Å². The second-order valence-corrected chi connectivity index (χ2v) is 8.81.